The molecule has 0 aromatic heterocycles. The first-order chi connectivity index (χ1) is 13.5. The summed E-state index contributed by atoms with van der Waals surface area (Å²) in [6.45, 7) is 12.3. The monoisotopic (exact) mass is 451 g/mol. The maximum Gasteiger partial charge on any atom is 0.512 e. The van der Waals surface area contributed by atoms with Crippen LogP contribution in [0.1, 0.15) is 60.8 Å². The quantitative estimate of drug-likeness (QED) is 0.273. The smallest absolute Gasteiger partial charge is 0.373 e. The number of nitrogens with two attached hydrogens (primary N) is 1. The van der Waals surface area contributed by atoms with Gasteiger partial charge in [0.05, 0.1) is 16.7 Å². The number of Topliss-reactive ketones (excluding diaryl/α,β-unsaturated/α-hetero) is 1. The summed E-state index contributed by atoms with van der Waals surface area (Å²) in [6, 6.07) is 0. The Kier molecular flexibility index (Phi) is 7.74. The normalized spacial score (nSPS) is 30.1. The number of ketones is 1. The average molecular weight is 452 g/mol. The van der Waals surface area contributed by atoms with Crippen LogP contribution in [0.2, 0.25) is 5.54 Å². The predicted octanol–water partition coefficient (Wildman–Crippen LogP) is 2.45. The number of hydrogen-bond acceptors (Lipinski definition) is 8. The number of carbonyl (C=O) groups excluding carboxylic acids is 1. The molecule has 0 amide bonds. The van der Waals surface area contributed by atoms with Crippen molar-refractivity contribution in [2.24, 2.45) is 22.5 Å². The molecule has 0 aliphatic heterocycles. The summed E-state index contributed by atoms with van der Waals surface area (Å²) in [6.07, 6.45) is 0.677. The van der Waals surface area contributed by atoms with Crippen molar-refractivity contribution in [1.29, 1.82) is 0 Å². The Labute approximate surface area is 176 Å². The lowest BCUT2D eigenvalue weighted by Gasteiger charge is -2.38. The zero-order valence-electron chi connectivity index (χ0n) is 18.5. The SMILES string of the molecule is CCO[Si](OCC)(OCC)C1C(=O)C2(CS(=O)(=O)OC(N)CC)CCC1C2(C)C. The van der Waals surface area contributed by atoms with Gasteiger partial charge in [0.15, 0.2) is 0 Å². The first kappa shape index (κ1) is 24.9. The molecule has 2 N–H and O–H groups in total. The fourth-order valence-corrected chi connectivity index (χ4v) is 10.8. The maximum absolute atomic E-state index is 13.9. The molecule has 2 aliphatic carbocycles. The molecule has 2 saturated carbocycles. The summed E-state index contributed by atoms with van der Waals surface area (Å²) in [5.41, 5.74) is 3.53. The first-order valence-electron chi connectivity index (χ1n) is 10.6. The lowest BCUT2D eigenvalue weighted by Crippen LogP contribution is -2.55. The van der Waals surface area contributed by atoms with Crippen LogP contribution in [-0.2, 0) is 32.4 Å². The van der Waals surface area contributed by atoms with E-state index in [0.717, 1.165) is 6.42 Å². The van der Waals surface area contributed by atoms with E-state index in [2.05, 4.69) is 0 Å². The van der Waals surface area contributed by atoms with Gasteiger partial charge in [-0.25, -0.2) is 0 Å². The van der Waals surface area contributed by atoms with Crippen molar-refractivity contribution in [1.82, 2.24) is 0 Å². The molecule has 2 rings (SSSR count). The zero-order valence-corrected chi connectivity index (χ0v) is 20.3. The summed E-state index contributed by atoms with van der Waals surface area (Å²) < 4.78 is 48.8. The molecule has 2 aliphatic rings. The minimum Gasteiger partial charge on any atom is -0.373 e. The van der Waals surface area contributed by atoms with Crippen molar-refractivity contribution in [2.75, 3.05) is 25.6 Å². The second kappa shape index (κ2) is 9.02. The summed E-state index contributed by atoms with van der Waals surface area (Å²) in [7, 11) is -7.32. The highest BCUT2D eigenvalue weighted by atomic mass is 32.2. The van der Waals surface area contributed by atoms with E-state index in [1.54, 1.807) is 6.92 Å². The summed E-state index contributed by atoms with van der Waals surface area (Å²) in [5.74, 6) is -0.569. The molecule has 0 radical (unpaired) electrons. The fraction of sp³-hybridized carbons (Fsp3) is 0.947. The number of fused-ring (bicyclic) bond motifs is 2. The van der Waals surface area contributed by atoms with Crippen LogP contribution in [-0.4, -0.2) is 54.8 Å². The van der Waals surface area contributed by atoms with Crippen molar-refractivity contribution in [2.45, 2.75) is 72.6 Å². The minimum atomic E-state index is -3.98. The van der Waals surface area contributed by atoms with Gasteiger partial charge in [0.2, 0.25) is 0 Å². The largest absolute Gasteiger partial charge is 0.512 e. The van der Waals surface area contributed by atoms with Crippen LogP contribution in [0.4, 0.5) is 0 Å². The fourth-order valence-electron chi connectivity index (χ4n) is 5.27. The van der Waals surface area contributed by atoms with E-state index < -0.39 is 41.5 Å². The molecule has 0 aromatic rings. The molecular weight excluding hydrogens is 414 g/mol. The van der Waals surface area contributed by atoms with Crippen LogP contribution in [0.15, 0.2) is 0 Å². The molecule has 0 aromatic carbocycles. The van der Waals surface area contributed by atoms with Gasteiger partial charge in [-0.2, -0.15) is 8.42 Å². The Hall–Kier alpha value is -0.363. The van der Waals surface area contributed by atoms with E-state index in [0.29, 0.717) is 32.7 Å². The highest BCUT2D eigenvalue weighted by Crippen LogP contribution is 2.70. The molecule has 0 heterocycles. The van der Waals surface area contributed by atoms with Gasteiger partial charge in [-0.3, -0.25) is 8.98 Å². The van der Waals surface area contributed by atoms with Crippen molar-refractivity contribution in [3.63, 3.8) is 0 Å². The van der Waals surface area contributed by atoms with Gasteiger partial charge in [0, 0.05) is 19.8 Å². The van der Waals surface area contributed by atoms with E-state index in [4.69, 9.17) is 23.2 Å². The Balaban J connectivity index is 2.48. The lowest BCUT2D eigenvalue weighted by molar-refractivity contribution is -0.129. The van der Waals surface area contributed by atoms with Gasteiger partial charge in [-0.05, 0) is 51.4 Å². The van der Waals surface area contributed by atoms with Crippen LogP contribution < -0.4 is 5.73 Å². The average Bonchev–Trinajstić information content (AvgIpc) is 2.94. The van der Waals surface area contributed by atoms with Crippen LogP contribution in [0.5, 0.6) is 0 Å². The van der Waals surface area contributed by atoms with Gasteiger partial charge in [0.25, 0.3) is 10.1 Å². The van der Waals surface area contributed by atoms with Gasteiger partial charge in [-0.1, -0.05) is 20.8 Å². The highest BCUT2D eigenvalue weighted by molar-refractivity contribution is 7.86. The zero-order chi connectivity index (χ0) is 22.1. The molecular formula is C19H37NO7SSi. The lowest BCUT2D eigenvalue weighted by atomic mass is 9.70. The Morgan fingerprint density at radius 1 is 1.10 bits per heavy atom. The molecule has 2 bridgehead atoms. The van der Waals surface area contributed by atoms with E-state index in [9.17, 15) is 13.2 Å². The predicted molar refractivity (Wildman–Crippen MR) is 111 cm³/mol. The molecule has 4 atom stereocenters. The second-order valence-corrected chi connectivity index (χ2v) is 12.7. The molecule has 0 spiro atoms. The minimum absolute atomic E-state index is 0.0682. The van der Waals surface area contributed by atoms with Crippen molar-refractivity contribution in [3.05, 3.63) is 0 Å². The third-order valence-electron chi connectivity index (χ3n) is 6.71. The van der Waals surface area contributed by atoms with Gasteiger partial charge >= 0.3 is 8.80 Å². The molecule has 0 saturated heterocycles. The molecule has 8 nitrogen and oxygen atoms in total. The van der Waals surface area contributed by atoms with Gasteiger partial charge in [-0.15, -0.1) is 0 Å². The number of rotatable bonds is 12. The molecule has 4 unspecified atom stereocenters. The molecule has 29 heavy (non-hydrogen) atoms. The molecule has 2 fully saturated rings. The van der Waals surface area contributed by atoms with E-state index in [-0.39, 0.29) is 17.5 Å². The van der Waals surface area contributed by atoms with Crippen LogP contribution >= 0.6 is 0 Å². The second-order valence-electron chi connectivity index (χ2n) is 8.44. The third-order valence-corrected chi connectivity index (χ3v) is 11.6. The summed E-state index contributed by atoms with van der Waals surface area (Å²) in [5, 5.41) is 0. The van der Waals surface area contributed by atoms with Crippen molar-refractivity contribution >= 4 is 24.7 Å². The van der Waals surface area contributed by atoms with Crippen LogP contribution in [0, 0.1) is 16.7 Å². The highest BCUT2D eigenvalue weighted by Gasteiger charge is 2.76. The summed E-state index contributed by atoms with van der Waals surface area (Å²) in [4.78, 5) is 13.9. The Morgan fingerprint density at radius 3 is 2.07 bits per heavy atom. The standard InChI is InChI=1S/C19H37NO7SSi/c1-7-15(20)27-28(22,23)13-19-12-11-14(18(19,5)6)16(17(19)21)29(24-8-2,25-9-3)26-10-4/h14-16H,7-13,20H2,1-6H3. The van der Waals surface area contributed by atoms with Crippen molar-refractivity contribution in [3.8, 4) is 0 Å². The first-order valence-corrected chi connectivity index (χ1v) is 14.0. The molecule has 10 heteroatoms. The number of carbonyl (C=O) groups is 1. The van der Waals surface area contributed by atoms with E-state index >= 15 is 0 Å². The van der Waals surface area contributed by atoms with Gasteiger partial charge < -0.3 is 19.0 Å². The van der Waals surface area contributed by atoms with Crippen LogP contribution in [0.3, 0.4) is 0 Å². The maximum atomic E-state index is 13.9. The topological polar surface area (TPSA) is 114 Å². The Bertz CT molecular complexity index is 682. The van der Waals surface area contributed by atoms with E-state index in [1.165, 1.54) is 0 Å². The third kappa shape index (κ3) is 4.22. The van der Waals surface area contributed by atoms with Gasteiger partial charge in [0.1, 0.15) is 12.0 Å². The number of hydrogen-bond donors (Lipinski definition) is 1. The summed E-state index contributed by atoms with van der Waals surface area (Å²) >= 11 is 0. The molecule has 170 valence electrons. The van der Waals surface area contributed by atoms with Crippen molar-refractivity contribution < 1.29 is 30.7 Å². The van der Waals surface area contributed by atoms with Crippen LogP contribution in [0.25, 0.3) is 0 Å². The Morgan fingerprint density at radius 2 is 1.62 bits per heavy atom. The van der Waals surface area contributed by atoms with E-state index in [1.807, 2.05) is 34.6 Å².